The van der Waals surface area contributed by atoms with Gasteiger partial charge < -0.3 is 29.6 Å². The largest absolute Gasteiger partial charge is 0.497 e. The van der Waals surface area contributed by atoms with E-state index in [4.69, 9.17) is 18.9 Å². The second-order valence-electron chi connectivity index (χ2n) is 8.01. The van der Waals surface area contributed by atoms with Gasteiger partial charge in [-0.25, -0.2) is 0 Å². The number of methoxy groups -OCH3 is 1. The highest BCUT2D eigenvalue weighted by molar-refractivity contribution is 6.35. The molecule has 2 aliphatic heterocycles. The lowest BCUT2D eigenvalue weighted by atomic mass is 9.74. The van der Waals surface area contributed by atoms with E-state index in [2.05, 4.69) is 10.6 Å². The van der Waals surface area contributed by atoms with Crippen LogP contribution >= 0.6 is 0 Å². The number of nitrogens with one attached hydrogen (secondary N) is 2. The number of para-hydroxylation sites is 2. The summed E-state index contributed by atoms with van der Waals surface area (Å²) in [5, 5.41) is 5.45. The molecule has 4 rings (SSSR count). The van der Waals surface area contributed by atoms with Crippen LogP contribution in [0.4, 0.5) is 0 Å². The van der Waals surface area contributed by atoms with E-state index in [1.54, 1.807) is 7.11 Å². The molecule has 1 fully saturated rings. The summed E-state index contributed by atoms with van der Waals surface area (Å²) in [5.74, 6) is 0.721. The van der Waals surface area contributed by atoms with Crippen LogP contribution in [0.25, 0.3) is 0 Å². The quantitative estimate of drug-likeness (QED) is 0.666. The summed E-state index contributed by atoms with van der Waals surface area (Å²) in [6.07, 6.45) is 1.16. The molecular formula is C24H28N2O6. The zero-order valence-electron chi connectivity index (χ0n) is 18.1. The fourth-order valence-corrected chi connectivity index (χ4v) is 4.05. The molecule has 8 heteroatoms. The third-order valence-electron chi connectivity index (χ3n) is 6.00. The van der Waals surface area contributed by atoms with Gasteiger partial charge in [-0.05, 0) is 42.7 Å². The number of benzene rings is 2. The van der Waals surface area contributed by atoms with Crippen LogP contribution in [0.5, 0.6) is 17.2 Å². The second kappa shape index (κ2) is 9.91. The maximum atomic E-state index is 12.5. The molecule has 32 heavy (non-hydrogen) atoms. The molecule has 2 N–H and O–H groups in total. The average Bonchev–Trinajstić information content (AvgIpc) is 2.86. The molecule has 0 bridgehead atoms. The van der Waals surface area contributed by atoms with Crippen molar-refractivity contribution in [3.05, 3.63) is 54.1 Å². The van der Waals surface area contributed by atoms with Crippen LogP contribution in [0.15, 0.2) is 48.5 Å². The van der Waals surface area contributed by atoms with Crippen molar-refractivity contribution >= 4 is 11.8 Å². The van der Waals surface area contributed by atoms with Crippen LogP contribution in [0.2, 0.25) is 0 Å². The Kier molecular flexibility index (Phi) is 6.80. The molecule has 0 aliphatic carbocycles. The van der Waals surface area contributed by atoms with Crippen molar-refractivity contribution in [3.63, 3.8) is 0 Å². The molecule has 0 unspecified atom stereocenters. The van der Waals surface area contributed by atoms with Gasteiger partial charge in [-0.2, -0.15) is 0 Å². The summed E-state index contributed by atoms with van der Waals surface area (Å²) >= 11 is 0. The zero-order chi connectivity index (χ0) is 22.4. The number of hydrogen-bond donors (Lipinski definition) is 2. The topological polar surface area (TPSA) is 95.1 Å². The third-order valence-corrected chi connectivity index (χ3v) is 6.00. The molecule has 2 aromatic carbocycles. The maximum absolute atomic E-state index is 12.5. The minimum Gasteiger partial charge on any atom is -0.497 e. The van der Waals surface area contributed by atoms with Gasteiger partial charge >= 0.3 is 11.8 Å². The summed E-state index contributed by atoms with van der Waals surface area (Å²) in [4.78, 5) is 24.9. The van der Waals surface area contributed by atoms with Crippen molar-refractivity contribution in [2.24, 2.45) is 0 Å². The van der Waals surface area contributed by atoms with Gasteiger partial charge in [0.25, 0.3) is 0 Å². The first-order valence-corrected chi connectivity index (χ1v) is 10.8. The molecule has 2 amide bonds. The van der Waals surface area contributed by atoms with Crippen molar-refractivity contribution in [3.8, 4) is 17.2 Å². The van der Waals surface area contributed by atoms with Crippen molar-refractivity contribution in [1.29, 1.82) is 0 Å². The zero-order valence-corrected chi connectivity index (χ0v) is 18.1. The third kappa shape index (κ3) is 4.96. The van der Waals surface area contributed by atoms with Crippen molar-refractivity contribution < 1.29 is 28.5 Å². The Morgan fingerprint density at radius 1 is 1.00 bits per heavy atom. The highest BCUT2D eigenvalue weighted by Crippen LogP contribution is 2.35. The fraction of sp³-hybridized carbons (Fsp3) is 0.417. The van der Waals surface area contributed by atoms with Gasteiger partial charge in [0.05, 0.1) is 13.7 Å². The number of carbonyl (C=O) groups excluding carboxylic acids is 2. The molecule has 0 saturated carbocycles. The summed E-state index contributed by atoms with van der Waals surface area (Å²) in [6.45, 7) is 2.05. The highest BCUT2D eigenvalue weighted by Gasteiger charge is 2.35. The van der Waals surface area contributed by atoms with E-state index in [0.717, 1.165) is 24.2 Å². The Labute approximate surface area is 187 Å². The minimum absolute atomic E-state index is 0.179. The van der Waals surface area contributed by atoms with Gasteiger partial charge in [0.1, 0.15) is 18.5 Å². The Morgan fingerprint density at radius 3 is 2.41 bits per heavy atom. The number of fused-ring (bicyclic) bond motifs is 1. The molecule has 2 aliphatic rings. The normalized spacial score (nSPS) is 19.0. The number of ether oxygens (including phenoxy) is 4. The van der Waals surface area contributed by atoms with Crippen LogP contribution in [0, 0.1) is 0 Å². The van der Waals surface area contributed by atoms with Crippen molar-refractivity contribution in [2.45, 2.75) is 24.4 Å². The number of rotatable bonds is 6. The summed E-state index contributed by atoms with van der Waals surface area (Å²) in [7, 11) is 1.63. The predicted molar refractivity (Wildman–Crippen MR) is 117 cm³/mol. The maximum Gasteiger partial charge on any atom is 0.309 e. The summed E-state index contributed by atoms with van der Waals surface area (Å²) in [5.41, 5.74) is 0.804. The SMILES string of the molecule is COc1ccc(C2(CNC(=O)C(=O)NC[C@@H]3COc4ccccc4O3)CCOCC2)cc1. The Hall–Kier alpha value is -3.26. The van der Waals surface area contributed by atoms with Gasteiger partial charge in [-0.3, -0.25) is 9.59 Å². The van der Waals surface area contributed by atoms with Crippen LogP contribution in [-0.2, 0) is 19.7 Å². The number of hydrogen-bond acceptors (Lipinski definition) is 6. The van der Waals surface area contributed by atoms with Gasteiger partial charge in [-0.1, -0.05) is 24.3 Å². The Bertz CT molecular complexity index is 940. The lowest BCUT2D eigenvalue weighted by Gasteiger charge is -2.38. The lowest BCUT2D eigenvalue weighted by Crippen LogP contribution is -2.50. The molecule has 2 aromatic rings. The highest BCUT2D eigenvalue weighted by atomic mass is 16.6. The first-order chi connectivity index (χ1) is 15.6. The molecule has 0 spiro atoms. The minimum atomic E-state index is -0.690. The van der Waals surface area contributed by atoms with Gasteiger partial charge in [0, 0.05) is 25.2 Å². The van der Waals surface area contributed by atoms with Crippen LogP contribution in [0.3, 0.4) is 0 Å². The van der Waals surface area contributed by atoms with E-state index in [-0.39, 0.29) is 18.1 Å². The smallest absolute Gasteiger partial charge is 0.309 e. The first-order valence-electron chi connectivity index (χ1n) is 10.8. The number of carbonyl (C=O) groups is 2. The van der Waals surface area contributed by atoms with E-state index in [1.807, 2.05) is 48.5 Å². The summed E-state index contributed by atoms with van der Waals surface area (Å²) in [6, 6.07) is 15.2. The van der Waals surface area contributed by atoms with Crippen molar-refractivity contribution in [1.82, 2.24) is 10.6 Å². The van der Waals surface area contributed by atoms with Crippen molar-refractivity contribution in [2.75, 3.05) is 40.0 Å². The van der Waals surface area contributed by atoms with Crippen LogP contribution in [0.1, 0.15) is 18.4 Å². The van der Waals surface area contributed by atoms with Gasteiger partial charge in [0.15, 0.2) is 11.5 Å². The van der Waals surface area contributed by atoms with Gasteiger partial charge in [0.2, 0.25) is 0 Å². The van der Waals surface area contributed by atoms with E-state index in [9.17, 15) is 9.59 Å². The van der Waals surface area contributed by atoms with Gasteiger partial charge in [-0.15, -0.1) is 0 Å². The molecule has 2 heterocycles. The molecule has 1 saturated heterocycles. The van der Waals surface area contributed by atoms with E-state index < -0.39 is 11.8 Å². The Balaban J connectivity index is 1.31. The van der Waals surface area contributed by atoms with E-state index in [0.29, 0.717) is 37.9 Å². The summed E-state index contributed by atoms with van der Waals surface area (Å²) < 4.78 is 22.2. The molecule has 8 nitrogen and oxygen atoms in total. The average molecular weight is 440 g/mol. The molecule has 170 valence electrons. The van der Waals surface area contributed by atoms with E-state index in [1.165, 1.54) is 0 Å². The standard InChI is InChI=1S/C24H28N2O6/c1-29-18-8-6-17(7-9-18)24(10-12-30-13-11-24)16-26-23(28)22(27)25-14-19-15-31-20-4-2-3-5-21(20)32-19/h2-9,19H,10-16H2,1H3,(H,25,27)(H,26,28)/t19-/m1/s1. The Morgan fingerprint density at radius 2 is 1.69 bits per heavy atom. The van der Waals surface area contributed by atoms with E-state index >= 15 is 0 Å². The lowest BCUT2D eigenvalue weighted by molar-refractivity contribution is -0.139. The second-order valence-corrected chi connectivity index (χ2v) is 8.01. The molecule has 0 radical (unpaired) electrons. The van der Waals surface area contributed by atoms with Crippen LogP contribution in [-0.4, -0.2) is 57.9 Å². The number of amides is 2. The fourth-order valence-electron chi connectivity index (χ4n) is 4.05. The molecular weight excluding hydrogens is 412 g/mol. The monoisotopic (exact) mass is 440 g/mol. The first kappa shape index (κ1) is 22.0. The predicted octanol–water partition coefficient (Wildman–Crippen LogP) is 1.82. The van der Waals surface area contributed by atoms with Crippen LogP contribution < -0.4 is 24.8 Å². The molecule has 1 atom stereocenters. The molecule has 0 aromatic heterocycles.